The minimum atomic E-state index is 0.545. The molecule has 3 aromatic heterocycles. The van der Waals surface area contributed by atoms with E-state index in [2.05, 4.69) is 126 Å². The van der Waals surface area contributed by atoms with Gasteiger partial charge in [-0.2, -0.15) is 9.97 Å². The Morgan fingerprint density at radius 1 is 0.360 bits per heavy atom. The maximum absolute atomic E-state index is 6.80. The van der Waals surface area contributed by atoms with Crippen LogP contribution in [-0.2, 0) is 0 Å². The van der Waals surface area contributed by atoms with Gasteiger partial charge >= 0.3 is 0 Å². The summed E-state index contributed by atoms with van der Waals surface area (Å²) in [7, 11) is 0. The molecule has 0 saturated carbocycles. The van der Waals surface area contributed by atoms with E-state index in [0.717, 1.165) is 77.1 Å². The number of para-hydroxylation sites is 3. The van der Waals surface area contributed by atoms with Crippen LogP contribution in [-0.4, -0.2) is 19.5 Å². The van der Waals surface area contributed by atoms with Crippen molar-refractivity contribution in [1.29, 1.82) is 0 Å². The van der Waals surface area contributed by atoms with Crippen LogP contribution in [0.4, 0.5) is 0 Å². The molecule has 0 radical (unpaired) electrons. The highest BCUT2D eigenvalue weighted by atomic mass is 16.3. The van der Waals surface area contributed by atoms with Crippen LogP contribution in [0.25, 0.3) is 94.7 Å². The van der Waals surface area contributed by atoms with Crippen LogP contribution in [0, 0.1) is 0 Å². The smallest absolute Gasteiger partial charge is 0.238 e. The Morgan fingerprint density at radius 3 is 1.66 bits per heavy atom. The van der Waals surface area contributed by atoms with Crippen LogP contribution < -0.4 is 0 Å². The summed E-state index contributed by atoms with van der Waals surface area (Å²) in [5.74, 6) is 1.68. The molecule has 7 aromatic carbocycles. The van der Waals surface area contributed by atoms with Gasteiger partial charge in [-0.05, 0) is 34.9 Å². The molecule has 0 unspecified atom stereocenters. The Morgan fingerprint density at radius 2 is 0.920 bits per heavy atom. The van der Waals surface area contributed by atoms with Crippen molar-refractivity contribution in [3.63, 3.8) is 0 Å². The molecular weight excluding hydrogens is 613 g/mol. The van der Waals surface area contributed by atoms with Crippen molar-refractivity contribution in [3.8, 4) is 51.0 Å². The molecule has 10 aromatic rings. The first-order valence-corrected chi connectivity index (χ1v) is 16.7. The number of hydrogen-bond acceptors (Lipinski definition) is 4. The maximum Gasteiger partial charge on any atom is 0.238 e. The SMILES string of the molecule is c1ccc(-c2ccc3c4ccccc4n(-c4nc(-c5ccccc5)nc(-c5cccc6c5oc5c(-c7ccccc7)cccc56)n4)c3c2)cc1. The predicted octanol–water partition coefficient (Wildman–Crippen LogP) is 11.5. The average molecular weight is 641 g/mol. The maximum atomic E-state index is 6.80. The lowest BCUT2D eigenvalue weighted by Crippen LogP contribution is -2.06. The summed E-state index contributed by atoms with van der Waals surface area (Å²) >= 11 is 0. The standard InChI is InChI=1S/C45H28N4O/c1-4-14-29(15-5-1)32-26-27-35-34-20-10-11-25-39(34)49(40(35)28-32)45-47-43(31-18-8-3-9-19-31)46-44(48-45)38-24-13-23-37-36-22-12-21-33(41(36)50-42(37)38)30-16-6-2-7-17-30/h1-28H. The van der Waals surface area contributed by atoms with Gasteiger partial charge < -0.3 is 4.42 Å². The van der Waals surface area contributed by atoms with Gasteiger partial charge in [0.25, 0.3) is 0 Å². The first-order valence-electron chi connectivity index (χ1n) is 16.7. The van der Waals surface area contributed by atoms with Gasteiger partial charge in [-0.25, -0.2) is 4.98 Å². The number of furan rings is 1. The molecule has 0 saturated heterocycles. The van der Waals surface area contributed by atoms with Crippen LogP contribution in [0.3, 0.4) is 0 Å². The zero-order chi connectivity index (χ0) is 33.0. The third kappa shape index (κ3) is 4.52. The number of rotatable bonds is 5. The van der Waals surface area contributed by atoms with Gasteiger partial charge in [0.15, 0.2) is 11.6 Å². The molecule has 50 heavy (non-hydrogen) atoms. The van der Waals surface area contributed by atoms with E-state index < -0.39 is 0 Å². The van der Waals surface area contributed by atoms with Crippen LogP contribution in [0.1, 0.15) is 0 Å². The molecule has 234 valence electrons. The molecule has 0 spiro atoms. The van der Waals surface area contributed by atoms with E-state index in [-0.39, 0.29) is 0 Å². The molecule has 0 fully saturated rings. The second-order valence-corrected chi connectivity index (χ2v) is 12.4. The van der Waals surface area contributed by atoms with E-state index in [0.29, 0.717) is 17.6 Å². The highest BCUT2D eigenvalue weighted by molar-refractivity contribution is 6.13. The highest BCUT2D eigenvalue weighted by Crippen LogP contribution is 2.40. The molecule has 0 amide bonds. The topological polar surface area (TPSA) is 56.7 Å². The number of nitrogens with zero attached hydrogens (tertiary/aromatic N) is 4. The quantitative estimate of drug-likeness (QED) is 0.188. The predicted molar refractivity (Wildman–Crippen MR) is 203 cm³/mol. The van der Waals surface area contributed by atoms with Crippen molar-refractivity contribution in [2.45, 2.75) is 0 Å². The first-order chi connectivity index (χ1) is 24.8. The molecule has 0 aliphatic carbocycles. The molecule has 5 heteroatoms. The number of hydrogen-bond donors (Lipinski definition) is 0. The van der Waals surface area contributed by atoms with Crippen LogP contribution in [0.2, 0.25) is 0 Å². The summed E-state index contributed by atoms with van der Waals surface area (Å²) in [6.07, 6.45) is 0. The van der Waals surface area contributed by atoms with Crippen molar-refractivity contribution in [2.75, 3.05) is 0 Å². The average Bonchev–Trinajstić information content (AvgIpc) is 3.74. The summed E-state index contributed by atoms with van der Waals surface area (Å²) in [5.41, 5.74) is 9.79. The fraction of sp³-hybridized carbons (Fsp3) is 0. The zero-order valence-corrected chi connectivity index (χ0v) is 26.9. The molecule has 0 atom stereocenters. The summed E-state index contributed by atoms with van der Waals surface area (Å²) in [6, 6.07) is 58.5. The lowest BCUT2D eigenvalue weighted by Gasteiger charge is -2.11. The van der Waals surface area contributed by atoms with Crippen molar-refractivity contribution in [3.05, 3.63) is 170 Å². The normalized spacial score (nSPS) is 11.6. The highest BCUT2D eigenvalue weighted by Gasteiger charge is 2.21. The van der Waals surface area contributed by atoms with Crippen molar-refractivity contribution in [2.24, 2.45) is 0 Å². The van der Waals surface area contributed by atoms with E-state index in [1.165, 1.54) is 0 Å². The van der Waals surface area contributed by atoms with Gasteiger partial charge in [-0.1, -0.05) is 152 Å². The van der Waals surface area contributed by atoms with Gasteiger partial charge in [-0.15, -0.1) is 0 Å². The number of fused-ring (bicyclic) bond motifs is 6. The third-order valence-electron chi connectivity index (χ3n) is 9.49. The fourth-order valence-corrected chi connectivity index (χ4v) is 7.14. The fourth-order valence-electron chi connectivity index (χ4n) is 7.14. The molecule has 0 N–H and O–H groups in total. The van der Waals surface area contributed by atoms with Gasteiger partial charge in [0.2, 0.25) is 5.95 Å². The molecule has 3 heterocycles. The van der Waals surface area contributed by atoms with Crippen molar-refractivity contribution >= 4 is 43.7 Å². The van der Waals surface area contributed by atoms with Gasteiger partial charge in [0, 0.05) is 32.7 Å². The van der Waals surface area contributed by atoms with E-state index in [4.69, 9.17) is 19.4 Å². The zero-order valence-electron chi connectivity index (χ0n) is 26.9. The van der Waals surface area contributed by atoms with Crippen LogP contribution >= 0.6 is 0 Å². The molecule has 5 nitrogen and oxygen atoms in total. The molecular formula is C45H28N4O. The number of aromatic nitrogens is 4. The van der Waals surface area contributed by atoms with Crippen molar-refractivity contribution < 1.29 is 4.42 Å². The Kier molecular flexibility index (Phi) is 6.42. The Hall–Kier alpha value is -6.85. The van der Waals surface area contributed by atoms with Gasteiger partial charge in [0.05, 0.1) is 16.6 Å². The summed E-state index contributed by atoms with van der Waals surface area (Å²) in [6.45, 7) is 0. The monoisotopic (exact) mass is 640 g/mol. The first kappa shape index (κ1) is 28.2. The Balaban J connectivity index is 1.25. The van der Waals surface area contributed by atoms with E-state index in [1.807, 2.05) is 48.5 Å². The summed E-state index contributed by atoms with van der Waals surface area (Å²) < 4.78 is 8.97. The van der Waals surface area contributed by atoms with Crippen LogP contribution in [0.5, 0.6) is 0 Å². The van der Waals surface area contributed by atoms with E-state index >= 15 is 0 Å². The number of benzene rings is 7. The molecule has 0 bridgehead atoms. The Bertz CT molecular complexity index is 2860. The van der Waals surface area contributed by atoms with Crippen LogP contribution in [0.15, 0.2) is 174 Å². The second kappa shape index (κ2) is 11.4. The third-order valence-corrected chi connectivity index (χ3v) is 9.49. The van der Waals surface area contributed by atoms with Crippen molar-refractivity contribution in [1.82, 2.24) is 19.5 Å². The summed E-state index contributed by atoms with van der Waals surface area (Å²) in [5, 5.41) is 4.34. The molecule has 10 rings (SSSR count). The van der Waals surface area contributed by atoms with Gasteiger partial charge in [-0.3, -0.25) is 4.57 Å². The molecule has 0 aliphatic heterocycles. The van der Waals surface area contributed by atoms with E-state index in [1.54, 1.807) is 0 Å². The largest absolute Gasteiger partial charge is 0.455 e. The molecule has 0 aliphatic rings. The lowest BCUT2D eigenvalue weighted by atomic mass is 10.0. The lowest BCUT2D eigenvalue weighted by molar-refractivity contribution is 0.670. The minimum Gasteiger partial charge on any atom is -0.455 e. The minimum absolute atomic E-state index is 0.545. The summed E-state index contributed by atoms with van der Waals surface area (Å²) in [4.78, 5) is 15.5. The van der Waals surface area contributed by atoms with Gasteiger partial charge in [0.1, 0.15) is 11.2 Å². The van der Waals surface area contributed by atoms with E-state index in [9.17, 15) is 0 Å². The second-order valence-electron chi connectivity index (χ2n) is 12.4. The Labute approximate surface area is 287 Å².